The zero-order valence-corrected chi connectivity index (χ0v) is 8.28. The second-order valence-corrected chi connectivity index (χ2v) is 3.70. The summed E-state index contributed by atoms with van der Waals surface area (Å²) in [6.07, 6.45) is 1.52. The monoisotopic (exact) mass is 184 g/mol. The van der Waals surface area contributed by atoms with Crippen molar-refractivity contribution in [1.82, 2.24) is 20.1 Å². The van der Waals surface area contributed by atoms with Gasteiger partial charge in [-0.25, -0.2) is 4.98 Å². The molecule has 1 aromatic rings. The Hall–Kier alpha value is -0.940. The molecule has 1 aromatic heterocycles. The Morgan fingerprint density at radius 2 is 2.31 bits per heavy atom. The predicted molar refractivity (Wildman–Crippen MR) is 49.0 cm³/mol. The summed E-state index contributed by atoms with van der Waals surface area (Å²) in [4.78, 5) is 4.06. The van der Waals surface area contributed by atoms with Crippen molar-refractivity contribution in [3.05, 3.63) is 12.2 Å². The fraction of sp³-hybridized carbons (Fsp3) is 0.750. The predicted octanol–water partition coefficient (Wildman–Crippen LogP) is -0.324. The van der Waals surface area contributed by atoms with Crippen LogP contribution in [-0.4, -0.2) is 32.0 Å². The van der Waals surface area contributed by atoms with Crippen LogP contribution in [0.3, 0.4) is 0 Å². The Bertz CT molecular complexity index is 269. The van der Waals surface area contributed by atoms with Crippen LogP contribution in [0.15, 0.2) is 6.33 Å². The maximum absolute atomic E-state index is 8.99. The van der Waals surface area contributed by atoms with Gasteiger partial charge in [0.15, 0.2) is 0 Å². The Kier molecular flexibility index (Phi) is 3.00. The van der Waals surface area contributed by atoms with Crippen LogP contribution in [0.4, 0.5) is 0 Å². The molecule has 0 amide bonds. The zero-order chi connectivity index (χ0) is 9.90. The van der Waals surface area contributed by atoms with E-state index in [0.29, 0.717) is 6.54 Å². The van der Waals surface area contributed by atoms with E-state index in [1.807, 2.05) is 20.9 Å². The number of aromatic nitrogens is 3. The first-order chi connectivity index (χ1) is 6.05. The first-order valence-electron chi connectivity index (χ1n) is 4.24. The molecule has 5 nitrogen and oxygen atoms in total. The van der Waals surface area contributed by atoms with E-state index >= 15 is 0 Å². The molecule has 0 unspecified atom stereocenters. The third-order valence-electron chi connectivity index (χ3n) is 1.93. The molecular formula is C8H16N4O. The highest BCUT2D eigenvalue weighted by atomic mass is 16.3. The van der Waals surface area contributed by atoms with Crippen molar-refractivity contribution >= 4 is 0 Å². The topological polar surface area (TPSA) is 63.0 Å². The van der Waals surface area contributed by atoms with Gasteiger partial charge in [-0.15, -0.1) is 0 Å². The van der Waals surface area contributed by atoms with Gasteiger partial charge in [0.05, 0.1) is 13.2 Å². The molecule has 74 valence electrons. The first kappa shape index (κ1) is 10.1. The lowest BCUT2D eigenvalue weighted by Crippen LogP contribution is -2.42. The van der Waals surface area contributed by atoms with Crippen LogP contribution >= 0.6 is 0 Å². The fourth-order valence-electron chi connectivity index (χ4n) is 0.854. The molecule has 0 spiro atoms. The van der Waals surface area contributed by atoms with Crippen molar-refractivity contribution in [2.75, 3.05) is 6.61 Å². The van der Waals surface area contributed by atoms with Crippen LogP contribution in [0.25, 0.3) is 0 Å². The van der Waals surface area contributed by atoms with E-state index < -0.39 is 0 Å². The van der Waals surface area contributed by atoms with Gasteiger partial charge < -0.3 is 10.4 Å². The molecule has 0 aromatic carbocycles. The number of hydrogen-bond acceptors (Lipinski definition) is 4. The van der Waals surface area contributed by atoms with Crippen LogP contribution in [0, 0.1) is 0 Å². The van der Waals surface area contributed by atoms with E-state index in [2.05, 4.69) is 15.4 Å². The van der Waals surface area contributed by atoms with Crippen LogP contribution in [0.2, 0.25) is 0 Å². The summed E-state index contributed by atoms with van der Waals surface area (Å²) in [5.41, 5.74) is -0.272. The number of hydrogen-bond donors (Lipinski definition) is 2. The highest BCUT2D eigenvalue weighted by Gasteiger charge is 2.15. The Labute approximate surface area is 77.8 Å². The molecule has 0 saturated carbocycles. The summed E-state index contributed by atoms with van der Waals surface area (Å²) in [7, 11) is 1.84. The van der Waals surface area contributed by atoms with E-state index in [-0.39, 0.29) is 12.1 Å². The lowest BCUT2D eigenvalue weighted by atomic mass is 10.1. The average molecular weight is 184 g/mol. The number of aliphatic hydroxyl groups excluding tert-OH is 1. The quantitative estimate of drug-likeness (QED) is 0.673. The standard InChI is InChI=1S/C8H16N4O/c1-8(2,5-13)10-4-7-9-6-11-12(7)3/h6,10,13H,4-5H2,1-3H3. The van der Waals surface area contributed by atoms with E-state index in [1.54, 1.807) is 4.68 Å². The molecule has 1 rings (SSSR count). The van der Waals surface area contributed by atoms with Gasteiger partial charge in [-0.05, 0) is 13.8 Å². The average Bonchev–Trinajstić information content (AvgIpc) is 2.48. The van der Waals surface area contributed by atoms with Crippen molar-refractivity contribution in [2.45, 2.75) is 25.9 Å². The maximum atomic E-state index is 8.99. The number of aliphatic hydroxyl groups is 1. The van der Waals surface area contributed by atoms with Crippen molar-refractivity contribution in [3.8, 4) is 0 Å². The largest absolute Gasteiger partial charge is 0.394 e. The molecule has 0 radical (unpaired) electrons. The van der Waals surface area contributed by atoms with Crippen LogP contribution in [0.1, 0.15) is 19.7 Å². The fourth-order valence-corrected chi connectivity index (χ4v) is 0.854. The molecule has 0 aliphatic heterocycles. The van der Waals surface area contributed by atoms with Gasteiger partial charge in [-0.3, -0.25) is 4.68 Å². The van der Waals surface area contributed by atoms with Gasteiger partial charge >= 0.3 is 0 Å². The van der Waals surface area contributed by atoms with E-state index in [1.165, 1.54) is 6.33 Å². The van der Waals surface area contributed by atoms with E-state index in [9.17, 15) is 0 Å². The minimum Gasteiger partial charge on any atom is -0.394 e. The molecule has 0 aliphatic rings. The molecule has 0 fully saturated rings. The van der Waals surface area contributed by atoms with Crippen molar-refractivity contribution in [2.24, 2.45) is 7.05 Å². The molecule has 13 heavy (non-hydrogen) atoms. The maximum Gasteiger partial charge on any atom is 0.140 e. The smallest absolute Gasteiger partial charge is 0.140 e. The number of nitrogens with one attached hydrogen (secondary N) is 1. The lowest BCUT2D eigenvalue weighted by molar-refractivity contribution is 0.186. The summed E-state index contributed by atoms with van der Waals surface area (Å²) < 4.78 is 1.71. The highest BCUT2D eigenvalue weighted by molar-refractivity contribution is 4.86. The summed E-state index contributed by atoms with van der Waals surface area (Å²) >= 11 is 0. The Morgan fingerprint density at radius 3 is 2.77 bits per heavy atom. The summed E-state index contributed by atoms with van der Waals surface area (Å²) in [6, 6.07) is 0. The Balaban J connectivity index is 2.48. The third kappa shape index (κ3) is 2.78. The third-order valence-corrected chi connectivity index (χ3v) is 1.93. The molecular weight excluding hydrogens is 168 g/mol. The normalized spacial score (nSPS) is 12.0. The molecule has 0 atom stereocenters. The molecule has 0 bridgehead atoms. The van der Waals surface area contributed by atoms with Crippen molar-refractivity contribution in [1.29, 1.82) is 0 Å². The van der Waals surface area contributed by atoms with E-state index in [4.69, 9.17) is 5.11 Å². The van der Waals surface area contributed by atoms with Gasteiger partial charge in [0.1, 0.15) is 12.2 Å². The summed E-state index contributed by atoms with van der Waals surface area (Å²) in [5, 5.41) is 16.1. The van der Waals surface area contributed by atoms with Crippen LogP contribution in [0.5, 0.6) is 0 Å². The summed E-state index contributed by atoms with van der Waals surface area (Å²) in [5.74, 6) is 0.863. The molecule has 0 saturated heterocycles. The zero-order valence-electron chi connectivity index (χ0n) is 8.28. The van der Waals surface area contributed by atoms with Crippen molar-refractivity contribution < 1.29 is 5.11 Å². The van der Waals surface area contributed by atoms with Gasteiger partial charge in [0.2, 0.25) is 0 Å². The first-order valence-corrected chi connectivity index (χ1v) is 4.24. The minimum atomic E-state index is -0.272. The minimum absolute atomic E-state index is 0.102. The SMILES string of the molecule is Cn1ncnc1CNC(C)(C)CO. The van der Waals surface area contributed by atoms with Crippen LogP contribution < -0.4 is 5.32 Å². The van der Waals surface area contributed by atoms with E-state index in [0.717, 1.165) is 5.82 Å². The van der Waals surface area contributed by atoms with Gasteiger partial charge in [0.25, 0.3) is 0 Å². The molecule has 0 aliphatic carbocycles. The molecule has 5 heteroatoms. The second kappa shape index (κ2) is 3.85. The molecule has 2 N–H and O–H groups in total. The number of aryl methyl sites for hydroxylation is 1. The van der Waals surface area contributed by atoms with Gasteiger partial charge in [-0.1, -0.05) is 0 Å². The second-order valence-electron chi connectivity index (χ2n) is 3.70. The number of nitrogens with zero attached hydrogens (tertiary/aromatic N) is 3. The van der Waals surface area contributed by atoms with Gasteiger partial charge in [-0.2, -0.15) is 5.10 Å². The lowest BCUT2D eigenvalue weighted by Gasteiger charge is -2.22. The number of rotatable bonds is 4. The summed E-state index contributed by atoms with van der Waals surface area (Å²) in [6.45, 7) is 4.58. The van der Waals surface area contributed by atoms with Crippen LogP contribution in [-0.2, 0) is 13.6 Å². The Morgan fingerprint density at radius 1 is 1.62 bits per heavy atom. The van der Waals surface area contributed by atoms with Gasteiger partial charge in [0, 0.05) is 12.6 Å². The van der Waals surface area contributed by atoms with Crippen molar-refractivity contribution in [3.63, 3.8) is 0 Å². The molecule has 1 heterocycles. The highest BCUT2D eigenvalue weighted by Crippen LogP contribution is 2.01.